The summed E-state index contributed by atoms with van der Waals surface area (Å²) in [6.45, 7) is 2.48. The van der Waals surface area contributed by atoms with E-state index in [9.17, 15) is 0 Å². The fraction of sp³-hybridized carbons (Fsp3) is 0.167. The van der Waals surface area contributed by atoms with Gasteiger partial charge < -0.3 is 9.47 Å². The summed E-state index contributed by atoms with van der Waals surface area (Å²) in [7, 11) is 1.66. The van der Waals surface area contributed by atoms with Gasteiger partial charge in [0.1, 0.15) is 18.1 Å². The molecule has 0 aliphatic carbocycles. The van der Waals surface area contributed by atoms with Crippen molar-refractivity contribution in [2.45, 2.75) is 13.5 Å². The molecule has 1 heterocycles. The fourth-order valence-corrected chi connectivity index (χ4v) is 2.78. The Balaban J connectivity index is 1.95. The zero-order valence-electron chi connectivity index (χ0n) is 12.5. The molecule has 0 saturated carbocycles. The van der Waals surface area contributed by atoms with Crippen LogP contribution in [0.25, 0.3) is 10.9 Å². The molecule has 0 radical (unpaired) electrons. The lowest BCUT2D eigenvalue weighted by atomic mass is 10.1. The minimum absolute atomic E-state index is 0.509. The van der Waals surface area contributed by atoms with Crippen molar-refractivity contribution >= 4 is 26.8 Å². The Morgan fingerprint density at radius 1 is 1.09 bits per heavy atom. The van der Waals surface area contributed by atoms with E-state index < -0.39 is 0 Å². The van der Waals surface area contributed by atoms with E-state index in [2.05, 4.69) is 27.0 Å². The Morgan fingerprint density at radius 3 is 2.73 bits per heavy atom. The number of pyridine rings is 1. The number of aromatic nitrogens is 1. The van der Waals surface area contributed by atoms with Crippen LogP contribution in [-0.2, 0) is 6.61 Å². The highest BCUT2D eigenvalue weighted by Crippen LogP contribution is 2.29. The molecule has 0 bridgehead atoms. The molecule has 0 atom stereocenters. The van der Waals surface area contributed by atoms with Crippen LogP contribution in [-0.4, -0.2) is 12.1 Å². The number of methoxy groups -OCH3 is 1. The molecule has 0 saturated heterocycles. The van der Waals surface area contributed by atoms with Gasteiger partial charge in [0, 0.05) is 21.6 Å². The van der Waals surface area contributed by atoms with Crippen molar-refractivity contribution in [1.82, 2.24) is 4.98 Å². The van der Waals surface area contributed by atoms with E-state index >= 15 is 0 Å². The van der Waals surface area contributed by atoms with Crippen LogP contribution in [0.1, 0.15) is 11.3 Å². The van der Waals surface area contributed by atoms with Crippen LogP contribution >= 0.6 is 15.9 Å². The second-order valence-corrected chi connectivity index (χ2v) is 5.98. The molecular weight excluding hydrogens is 342 g/mol. The maximum absolute atomic E-state index is 6.02. The first-order valence-corrected chi connectivity index (χ1v) is 7.77. The molecule has 0 spiro atoms. The Morgan fingerprint density at radius 2 is 1.95 bits per heavy atom. The van der Waals surface area contributed by atoms with Crippen molar-refractivity contribution in [3.63, 3.8) is 0 Å². The van der Waals surface area contributed by atoms with Gasteiger partial charge in [-0.1, -0.05) is 28.1 Å². The predicted octanol–water partition coefficient (Wildman–Crippen LogP) is 4.89. The van der Waals surface area contributed by atoms with Crippen molar-refractivity contribution in [2.75, 3.05) is 7.11 Å². The average molecular weight is 358 g/mol. The SMILES string of the molecule is COc1ccc2nc(C)cc(OCc3cccc(Br)c3)c2c1. The second kappa shape index (κ2) is 6.36. The van der Waals surface area contributed by atoms with Crippen molar-refractivity contribution < 1.29 is 9.47 Å². The molecule has 2 aromatic carbocycles. The third kappa shape index (κ3) is 3.22. The number of benzene rings is 2. The largest absolute Gasteiger partial charge is 0.497 e. The molecule has 0 aliphatic heterocycles. The molecule has 0 amide bonds. The molecule has 0 unspecified atom stereocenters. The van der Waals surface area contributed by atoms with Crippen LogP contribution in [0.3, 0.4) is 0 Å². The summed E-state index contributed by atoms with van der Waals surface area (Å²) in [5.41, 5.74) is 2.95. The van der Waals surface area contributed by atoms with E-state index in [1.165, 1.54) is 0 Å². The van der Waals surface area contributed by atoms with Gasteiger partial charge in [-0.25, -0.2) is 0 Å². The molecule has 4 heteroatoms. The van der Waals surface area contributed by atoms with E-state index in [1.807, 2.05) is 49.4 Å². The van der Waals surface area contributed by atoms with Gasteiger partial charge in [-0.2, -0.15) is 0 Å². The quantitative estimate of drug-likeness (QED) is 0.665. The zero-order valence-corrected chi connectivity index (χ0v) is 14.1. The molecule has 3 nitrogen and oxygen atoms in total. The van der Waals surface area contributed by atoms with Gasteiger partial charge in [-0.3, -0.25) is 4.98 Å². The van der Waals surface area contributed by atoms with Gasteiger partial charge in [-0.15, -0.1) is 0 Å². The summed E-state index contributed by atoms with van der Waals surface area (Å²) in [5.74, 6) is 1.62. The van der Waals surface area contributed by atoms with Gasteiger partial charge in [0.2, 0.25) is 0 Å². The molecule has 0 N–H and O–H groups in total. The number of ether oxygens (including phenoxy) is 2. The third-order valence-electron chi connectivity index (χ3n) is 3.39. The number of rotatable bonds is 4. The first-order chi connectivity index (χ1) is 10.7. The normalized spacial score (nSPS) is 10.7. The standard InChI is InChI=1S/C18H16BrNO2/c1-12-8-18(22-11-13-4-3-5-14(19)9-13)16-10-15(21-2)6-7-17(16)20-12/h3-10H,11H2,1-2H3. The number of hydrogen-bond acceptors (Lipinski definition) is 3. The predicted molar refractivity (Wildman–Crippen MR) is 91.5 cm³/mol. The number of hydrogen-bond donors (Lipinski definition) is 0. The van der Waals surface area contributed by atoms with Crippen molar-refractivity contribution in [3.05, 3.63) is 64.3 Å². The molecule has 1 aromatic heterocycles. The van der Waals surface area contributed by atoms with Crippen molar-refractivity contribution in [1.29, 1.82) is 0 Å². The summed E-state index contributed by atoms with van der Waals surface area (Å²) < 4.78 is 12.4. The van der Waals surface area contributed by atoms with Crippen LogP contribution in [0.5, 0.6) is 11.5 Å². The second-order valence-electron chi connectivity index (χ2n) is 5.06. The molecule has 0 fully saturated rings. The summed E-state index contributed by atoms with van der Waals surface area (Å²) >= 11 is 3.48. The third-order valence-corrected chi connectivity index (χ3v) is 3.88. The van der Waals surface area contributed by atoms with Crippen molar-refractivity contribution in [2.24, 2.45) is 0 Å². The Hall–Kier alpha value is -2.07. The average Bonchev–Trinajstić information content (AvgIpc) is 2.52. The van der Waals surface area contributed by atoms with E-state index in [0.717, 1.165) is 38.1 Å². The van der Waals surface area contributed by atoms with E-state index in [1.54, 1.807) is 7.11 Å². The minimum atomic E-state index is 0.509. The molecule has 3 aromatic rings. The first kappa shape index (κ1) is 14.9. The van der Waals surface area contributed by atoms with Crippen LogP contribution in [0.2, 0.25) is 0 Å². The van der Waals surface area contributed by atoms with Gasteiger partial charge in [-0.05, 0) is 42.8 Å². The minimum Gasteiger partial charge on any atom is -0.497 e. The number of fused-ring (bicyclic) bond motifs is 1. The van der Waals surface area contributed by atoms with Gasteiger partial charge in [0.15, 0.2) is 0 Å². The van der Waals surface area contributed by atoms with E-state index in [4.69, 9.17) is 9.47 Å². The first-order valence-electron chi connectivity index (χ1n) is 6.98. The number of nitrogens with zero attached hydrogens (tertiary/aromatic N) is 1. The fourth-order valence-electron chi connectivity index (χ4n) is 2.33. The Kier molecular flexibility index (Phi) is 4.29. The van der Waals surface area contributed by atoms with Crippen LogP contribution < -0.4 is 9.47 Å². The smallest absolute Gasteiger partial charge is 0.131 e. The summed E-state index contributed by atoms with van der Waals surface area (Å²) in [6, 6.07) is 15.9. The Bertz CT molecular complexity index is 817. The summed E-state index contributed by atoms with van der Waals surface area (Å²) in [6.07, 6.45) is 0. The van der Waals surface area contributed by atoms with Crippen LogP contribution in [0, 0.1) is 6.92 Å². The summed E-state index contributed by atoms with van der Waals surface area (Å²) in [4.78, 5) is 4.54. The molecule has 3 rings (SSSR count). The van der Waals surface area contributed by atoms with Crippen LogP contribution in [0.15, 0.2) is 53.0 Å². The zero-order chi connectivity index (χ0) is 15.5. The lowest BCUT2D eigenvalue weighted by molar-refractivity contribution is 0.309. The van der Waals surface area contributed by atoms with E-state index in [0.29, 0.717) is 6.61 Å². The highest BCUT2D eigenvalue weighted by Gasteiger charge is 2.07. The van der Waals surface area contributed by atoms with Gasteiger partial charge in [0.25, 0.3) is 0 Å². The maximum Gasteiger partial charge on any atom is 0.131 e. The molecule has 22 heavy (non-hydrogen) atoms. The lowest BCUT2D eigenvalue weighted by Crippen LogP contribution is -1.98. The maximum atomic E-state index is 6.02. The molecular formula is C18H16BrNO2. The van der Waals surface area contributed by atoms with Gasteiger partial charge >= 0.3 is 0 Å². The molecule has 0 aliphatic rings. The van der Waals surface area contributed by atoms with Gasteiger partial charge in [0.05, 0.1) is 12.6 Å². The van der Waals surface area contributed by atoms with E-state index in [-0.39, 0.29) is 0 Å². The number of halogens is 1. The monoisotopic (exact) mass is 357 g/mol. The lowest BCUT2D eigenvalue weighted by Gasteiger charge is -2.11. The highest BCUT2D eigenvalue weighted by atomic mass is 79.9. The Labute approximate surface area is 138 Å². The highest BCUT2D eigenvalue weighted by molar-refractivity contribution is 9.10. The van der Waals surface area contributed by atoms with Crippen LogP contribution in [0.4, 0.5) is 0 Å². The topological polar surface area (TPSA) is 31.4 Å². The number of aryl methyl sites for hydroxylation is 1. The summed E-state index contributed by atoms with van der Waals surface area (Å²) in [5, 5.41) is 0.958. The van der Waals surface area contributed by atoms with Crippen molar-refractivity contribution in [3.8, 4) is 11.5 Å². The molecule has 112 valence electrons.